The average Bonchev–Trinajstić information content (AvgIpc) is 3.31. The highest BCUT2D eigenvalue weighted by molar-refractivity contribution is 14.2. The Bertz CT molecular complexity index is 1240. The van der Waals surface area contributed by atoms with Crippen LogP contribution in [0.1, 0.15) is 28.9 Å². The molecular weight excluding hydrogens is 607 g/mol. The third-order valence-corrected chi connectivity index (χ3v) is 7.94. The van der Waals surface area contributed by atoms with Crippen LogP contribution in [-0.2, 0) is 11.3 Å². The third-order valence-electron chi connectivity index (χ3n) is 5.83. The second-order valence-corrected chi connectivity index (χ2v) is 10.5. The van der Waals surface area contributed by atoms with E-state index in [0.717, 1.165) is 11.8 Å². The van der Waals surface area contributed by atoms with E-state index in [1.165, 1.54) is 13.2 Å². The first-order valence-electron chi connectivity index (χ1n) is 10.9. The van der Waals surface area contributed by atoms with Crippen molar-refractivity contribution in [1.29, 1.82) is 0 Å². The lowest BCUT2D eigenvalue weighted by Crippen LogP contribution is -2.43. The third kappa shape index (κ3) is 6.10. The molecule has 0 aliphatic carbocycles. The predicted molar refractivity (Wildman–Crippen MR) is 142 cm³/mol. The number of pyridine rings is 1. The van der Waals surface area contributed by atoms with Gasteiger partial charge in [-0.2, -0.15) is 5.10 Å². The maximum absolute atomic E-state index is 14.5. The molecule has 3 heterocycles. The normalized spacial score (nSPS) is 14.5. The summed E-state index contributed by atoms with van der Waals surface area (Å²) in [6, 6.07) is 10.4. The second kappa shape index (κ2) is 11.6. The van der Waals surface area contributed by atoms with Crippen LogP contribution in [0, 0.1) is 11.7 Å². The average molecular weight is 630 g/mol. The molecule has 1 atom stereocenters. The quantitative estimate of drug-likeness (QED) is 0.302. The number of nitrogens with one attached hydrogen (secondary N) is 1. The summed E-state index contributed by atoms with van der Waals surface area (Å²) in [7, 11) is 1.46. The number of aromatic nitrogens is 3. The van der Waals surface area contributed by atoms with Crippen molar-refractivity contribution in [3.05, 3.63) is 64.7 Å². The number of piperidine rings is 1. The van der Waals surface area contributed by atoms with Gasteiger partial charge < -0.3 is 15.0 Å². The Hall–Kier alpha value is -2.30. The van der Waals surface area contributed by atoms with Crippen LogP contribution < -0.4 is 10.1 Å². The maximum Gasteiger partial charge on any atom is 0.274 e. The lowest BCUT2D eigenvalue weighted by atomic mass is 9.95. The lowest BCUT2D eigenvalue weighted by molar-refractivity contribution is -0.126. The molecule has 12 heteroatoms. The molecule has 1 aromatic carbocycles. The smallest absolute Gasteiger partial charge is 0.274 e. The second-order valence-electron chi connectivity index (χ2n) is 8.03. The fourth-order valence-electron chi connectivity index (χ4n) is 3.96. The van der Waals surface area contributed by atoms with Gasteiger partial charge in [-0.25, -0.2) is 13.8 Å². The molecule has 184 valence electrons. The van der Waals surface area contributed by atoms with Crippen LogP contribution >= 0.6 is 40.0 Å². The highest BCUT2D eigenvalue weighted by atomic mass is 127. The van der Waals surface area contributed by atoms with Crippen LogP contribution in [0.2, 0.25) is 5.02 Å². The zero-order valence-corrected chi connectivity index (χ0v) is 22.7. The van der Waals surface area contributed by atoms with Crippen LogP contribution in [0.4, 0.5) is 4.39 Å². The molecule has 1 fully saturated rings. The number of carbonyl (C=O) groups excluding carboxylic acids is 2. The van der Waals surface area contributed by atoms with Gasteiger partial charge in [0.15, 0.2) is 11.5 Å². The van der Waals surface area contributed by atoms with Gasteiger partial charge in [-0.3, -0.25) is 9.59 Å². The molecule has 2 amide bonds. The first-order valence-corrected chi connectivity index (χ1v) is 15.3. The van der Waals surface area contributed by atoms with Gasteiger partial charge in [-0.1, -0.05) is 23.7 Å². The van der Waals surface area contributed by atoms with Crippen molar-refractivity contribution in [1.82, 2.24) is 24.8 Å². The molecule has 8 nitrogen and oxygen atoms in total. The molecular formula is C23H23ClFIN5O3P. The Balaban J connectivity index is 1.39. The topological polar surface area (TPSA) is 89.4 Å². The molecule has 1 aliphatic rings. The van der Waals surface area contributed by atoms with E-state index in [2.05, 4.69) is 37.4 Å². The standard InChI is InChI=1S/C23H23ClFIN5O3P/c1-34-21-10-17(18(25)13-27-21)20-11-19(29-31(20)35-26)23(33)30-7-5-15(6-8-30)22(32)28-12-14-3-2-4-16(24)9-14/h2-4,9-11,13,15,35H,5-8,12H2,1H3,(H,28,32). The molecule has 1 aliphatic heterocycles. The summed E-state index contributed by atoms with van der Waals surface area (Å²) in [5.41, 5.74) is 1.92. The highest BCUT2D eigenvalue weighted by Crippen LogP contribution is 2.34. The first-order chi connectivity index (χ1) is 16.9. The highest BCUT2D eigenvalue weighted by Gasteiger charge is 2.29. The Morgan fingerprint density at radius 3 is 2.74 bits per heavy atom. The molecule has 35 heavy (non-hydrogen) atoms. The van der Waals surface area contributed by atoms with Gasteiger partial charge in [0.1, 0.15) is 0 Å². The molecule has 0 spiro atoms. The maximum atomic E-state index is 14.5. The number of benzene rings is 1. The Morgan fingerprint density at radius 1 is 1.29 bits per heavy atom. The van der Waals surface area contributed by atoms with E-state index in [9.17, 15) is 14.0 Å². The number of likely N-dealkylation sites (tertiary alicyclic amines) is 1. The number of carbonyl (C=O) groups is 2. The molecule has 1 saturated heterocycles. The number of halogens is 3. The molecule has 1 unspecified atom stereocenters. The minimum Gasteiger partial charge on any atom is -0.481 e. The first kappa shape index (κ1) is 25.8. The van der Waals surface area contributed by atoms with Crippen molar-refractivity contribution in [2.24, 2.45) is 5.92 Å². The zero-order chi connectivity index (χ0) is 24.9. The van der Waals surface area contributed by atoms with Gasteiger partial charge >= 0.3 is 0 Å². The molecule has 1 N–H and O–H groups in total. The van der Waals surface area contributed by atoms with E-state index in [1.54, 1.807) is 21.5 Å². The van der Waals surface area contributed by atoms with Crippen molar-refractivity contribution in [3.8, 4) is 17.1 Å². The fourth-order valence-corrected chi connectivity index (χ4v) is 5.69. The van der Waals surface area contributed by atoms with Crippen LogP contribution in [0.25, 0.3) is 11.3 Å². The van der Waals surface area contributed by atoms with E-state index in [0.29, 0.717) is 43.2 Å². The summed E-state index contributed by atoms with van der Waals surface area (Å²) >= 11 is 8.13. The number of rotatable bonds is 7. The van der Waals surface area contributed by atoms with E-state index in [4.69, 9.17) is 16.3 Å². The predicted octanol–water partition coefficient (Wildman–Crippen LogP) is 4.71. The van der Waals surface area contributed by atoms with Crippen molar-refractivity contribution in [3.63, 3.8) is 0 Å². The Morgan fingerprint density at radius 2 is 2.06 bits per heavy atom. The summed E-state index contributed by atoms with van der Waals surface area (Å²) in [5, 5.41) is 8.00. The van der Waals surface area contributed by atoms with Crippen molar-refractivity contribution < 1.29 is 18.7 Å². The summed E-state index contributed by atoms with van der Waals surface area (Å²) in [6.07, 6.45) is 2.38. The van der Waals surface area contributed by atoms with E-state index >= 15 is 0 Å². The minimum atomic E-state index is -0.523. The van der Waals surface area contributed by atoms with Crippen molar-refractivity contribution >= 4 is 51.8 Å². The SMILES string of the molecule is COc1cc(-c2cc(C(=O)N3CCC(C(=O)NCc4cccc(Cl)c4)CC3)nn2PI)c(F)cn1. The van der Waals surface area contributed by atoms with E-state index < -0.39 is 5.82 Å². The molecule has 3 aromatic rings. The Kier molecular flexibility index (Phi) is 8.56. The van der Waals surface area contributed by atoms with Gasteiger partial charge in [0.05, 0.1) is 25.4 Å². The monoisotopic (exact) mass is 629 g/mol. The van der Waals surface area contributed by atoms with Gasteiger partial charge in [-0.05, 0) is 58.6 Å². The largest absolute Gasteiger partial charge is 0.481 e. The van der Waals surface area contributed by atoms with Crippen LogP contribution in [0.5, 0.6) is 5.88 Å². The van der Waals surface area contributed by atoms with Gasteiger partial charge in [0.25, 0.3) is 5.91 Å². The molecule has 0 radical (unpaired) electrons. The molecule has 0 saturated carbocycles. The van der Waals surface area contributed by atoms with Gasteiger partial charge in [0.2, 0.25) is 11.8 Å². The summed E-state index contributed by atoms with van der Waals surface area (Å²) in [5.74, 6) is -0.684. The van der Waals surface area contributed by atoms with Crippen LogP contribution in [-0.4, -0.2) is 51.4 Å². The summed E-state index contributed by atoms with van der Waals surface area (Å²) in [6.45, 7) is 1.30. The number of amides is 2. The summed E-state index contributed by atoms with van der Waals surface area (Å²) < 4.78 is 21.2. The van der Waals surface area contributed by atoms with Crippen molar-refractivity contribution in [2.75, 3.05) is 20.2 Å². The molecule has 0 bridgehead atoms. The zero-order valence-electron chi connectivity index (χ0n) is 18.8. The number of ether oxygens (including phenoxy) is 1. The van der Waals surface area contributed by atoms with Gasteiger partial charge in [0, 0.05) is 42.2 Å². The fraction of sp³-hybridized carbons (Fsp3) is 0.304. The summed E-state index contributed by atoms with van der Waals surface area (Å²) in [4.78, 5) is 31.3. The van der Waals surface area contributed by atoms with Crippen molar-refractivity contribution in [2.45, 2.75) is 19.4 Å². The lowest BCUT2D eigenvalue weighted by Gasteiger charge is -2.30. The Labute approximate surface area is 221 Å². The van der Waals surface area contributed by atoms with E-state index in [1.807, 2.05) is 18.2 Å². The number of hydrogen-bond donors (Lipinski definition) is 1. The number of hydrogen-bond acceptors (Lipinski definition) is 5. The van der Waals surface area contributed by atoms with E-state index in [-0.39, 0.29) is 41.2 Å². The van der Waals surface area contributed by atoms with Crippen LogP contribution in [0.3, 0.4) is 0 Å². The number of nitrogens with zero attached hydrogens (tertiary/aromatic N) is 4. The molecule has 4 rings (SSSR count). The van der Waals surface area contributed by atoms with Crippen LogP contribution in [0.15, 0.2) is 42.6 Å². The molecule has 2 aromatic heterocycles. The minimum absolute atomic E-state index is 0.0307. The number of methoxy groups -OCH3 is 1. The van der Waals surface area contributed by atoms with Gasteiger partial charge in [-0.15, -0.1) is 0 Å².